The van der Waals surface area contributed by atoms with Gasteiger partial charge >= 0.3 is 0 Å². The van der Waals surface area contributed by atoms with Gasteiger partial charge in [0.1, 0.15) is 5.60 Å². The fraction of sp³-hybridized carbons (Fsp3) is 0.227. The van der Waals surface area contributed by atoms with Crippen molar-refractivity contribution < 1.29 is 9.90 Å². The minimum atomic E-state index is -1.06. The van der Waals surface area contributed by atoms with Crippen LogP contribution in [0.4, 0.5) is 0 Å². The van der Waals surface area contributed by atoms with Gasteiger partial charge in [0.15, 0.2) is 0 Å². The number of para-hydroxylation sites is 1. The van der Waals surface area contributed by atoms with Crippen LogP contribution in [0.5, 0.6) is 0 Å². The van der Waals surface area contributed by atoms with Gasteiger partial charge < -0.3 is 15.4 Å². The molecule has 1 aromatic heterocycles. The second kappa shape index (κ2) is 7.47. The summed E-state index contributed by atoms with van der Waals surface area (Å²) < 4.78 is 0. The van der Waals surface area contributed by atoms with Crippen molar-refractivity contribution >= 4 is 16.8 Å². The molecule has 3 aromatic rings. The maximum atomic E-state index is 12.4. The van der Waals surface area contributed by atoms with Crippen LogP contribution in [-0.4, -0.2) is 28.1 Å². The Morgan fingerprint density at radius 3 is 2.81 bits per heavy atom. The Kier molecular flexibility index (Phi) is 5.11. The lowest BCUT2D eigenvalue weighted by Crippen LogP contribution is -2.25. The van der Waals surface area contributed by atoms with Crippen LogP contribution in [0.15, 0.2) is 54.7 Å². The fourth-order valence-corrected chi connectivity index (χ4v) is 2.71. The van der Waals surface area contributed by atoms with Crippen LogP contribution in [0.25, 0.3) is 10.9 Å². The first kappa shape index (κ1) is 17.8. The van der Waals surface area contributed by atoms with Crippen LogP contribution < -0.4 is 5.32 Å². The zero-order valence-corrected chi connectivity index (χ0v) is 15.0. The van der Waals surface area contributed by atoms with Crippen molar-refractivity contribution in [3.8, 4) is 11.8 Å². The zero-order chi connectivity index (χ0) is 18.6. The van der Waals surface area contributed by atoms with Crippen LogP contribution in [0, 0.1) is 11.8 Å². The molecule has 2 aromatic carbocycles. The van der Waals surface area contributed by atoms with Crippen LogP contribution >= 0.6 is 0 Å². The van der Waals surface area contributed by atoms with E-state index in [-0.39, 0.29) is 5.91 Å². The number of carbonyl (C=O) groups is 1. The number of amides is 1. The number of carbonyl (C=O) groups excluding carboxylic acids is 1. The molecule has 0 bridgehead atoms. The number of aromatic nitrogens is 1. The van der Waals surface area contributed by atoms with Gasteiger partial charge in [0, 0.05) is 34.8 Å². The topological polar surface area (TPSA) is 65.1 Å². The molecule has 0 aliphatic heterocycles. The summed E-state index contributed by atoms with van der Waals surface area (Å²) in [6.07, 6.45) is 2.75. The molecule has 4 heteroatoms. The van der Waals surface area contributed by atoms with Crippen molar-refractivity contribution in [2.75, 3.05) is 6.54 Å². The van der Waals surface area contributed by atoms with Crippen molar-refractivity contribution in [3.05, 3.63) is 71.4 Å². The van der Waals surface area contributed by atoms with Gasteiger partial charge in [-0.1, -0.05) is 36.1 Å². The number of nitrogens with one attached hydrogen (secondary N) is 2. The van der Waals surface area contributed by atoms with Gasteiger partial charge in [-0.05, 0) is 50.1 Å². The summed E-state index contributed by atoms with van der Waals surface area (Å²) in [7, 11) is 0. The lowest BCUT2D eigenvalue weighted by molar-refractivity contribution is 0.0954. The summed E-state index contributed by atoms with van der Waals surface area (Å²) >= 11 is 0. The van der Waals surface area contributed by atoms with E-state index in [4.69, 9.17) is 0 Å². The van der Waals surface area contributed by atoms with E-state index < -0.39 is 5.60 Å². The number of hydrogen-bond donors (Lipinski definition) is 3. The molecule has 0 saturated heterocycles. The minimum Gasteiger partial charge on any atom is -0.378 e. The Hall–Kier alpha value is -3.03. The zero-order valence-electron chi connectivity index (χ0n) is 15.0. The Morgan fingerprint density at radius 2 is 2.00 bits per heavy atom. The second-order valence-electron chi connectivity index (χ2n) is 6.76. The standard InChI is InChI=1S/C22H22N2O2/c1-22(2,26)12-10-16-6-5-7-17(14-16)21(25)23-13-11-18-15-24-20-9-4-3-8-19(18)20/h3-9,14-15,24,26H,11,13H2,1-2H3,(H,23,25). The summed E-state index contributed by atoms with van der Waals surface area (Å²) in [6, 6.07) is 15.2. The van der Waals surface area contributed by atoms with Gasteiger partial charge in [-0.2, -0.15) is 0 Å². The SMILES string of the molecule is CC(C)(O)C#Cc1cccc(C(=O)NCCc2c[nH]c3ccccc23)c1. The van der Waals surface area contributed by atoms with Crippen LogP contribution in [-0.2, 0) is 6.42 Å². The van der Waals surface area contributed by atoms with E-state index in [2.05, 4.69) is 28.2 Å². The molecule has 0 radical (unpaired) electrons. The normalized spacial score (nSPS) is 11.0. The molecule has 0 aliphatic rings. The third-order valence-electron chi connectivity index (χ3n) is 3.99. The van der Waals surface area contributed by atoms with E-state index in [1.54, 1.807) is 32.0 Å². The number of H-pyrrole nitrogens is 1. The third kappa shape index (κ3) is 4.53. The Labute approximate surface area is 153 Å². The molecule has 0 spiro atoms. The molecule has 0 aliphatic carbocycles. The quantitative estimate of drug-likeness (QED) is 0.635. The monoisotopic (exact) mass is 346 g/mol. The van der Waals surface area contributed by atoms with Crippen molar-refractivity contribution in [2.24, 2.45) is 0 Å². The van der Waals surface area contributed by atoms with Gasteiger partial charge in [-0.25, -0.2) is 0 Å². The van der Waals surface area contributed by atoms with E-state index >= 15 is 0 Å². The summed E-state index contributed by atoms with van der Waals surface area (Å²) in [5.41, 5.74) is 2.50. The molecule has 3 rings (SSSR count). The largest absolute Gasteiger partial charge is 0.378 e. The molecule has 26 heavy (non-hydrogen) atoms. The number of benzene rings is 2. The average Bonchev–Trinajstić information content (AvgIpc) is 3.03. The van der Waals surface area contributed by atoms with Gasteiger partial charge in [0.2, 0.25) is 0 Å². The highest BCUT2D eigenvalue weighted by Gasteiger charge is 2.08. The van der Waals surface area contributed by atoms with E-state index in [0.717, 1.165) is 11.9 Å². The van der Waals surface area contributed by atoms with Gasteiger partial charge in [0.25, 0.3) is 5.91 Å². The lowest BCUT2D eigenvalue weighted by Gasteiger charge is -2.07. The maximum absolute atomic E-state index is 12.4. The number of fused-ring (bicyclic) bond motifs is 1. The molecular formula is C22H22N2O2. The first-order valence-corrected chi connectivity index (χ1v) is 8.61. The number of hydrogen-bond acceptors (Lipinski definition) is 2. The van der Waals surface area contributed by atoms with Crippen LogP contribution in [0.1, 0.15) is 35.3 Å². The highest BCUT2D eigenvalue weighted by Crippen LogP contribution is 2.17. The highest BCUT2D eigenvalue weighted by molar-refractivity contribution is 5.94. The van der Waals surface area contributed by atoms with Gasteiger partial charge in [0.05, 0.1) is 0 Å². The lowest BCUT2D eigenvalue weighted by atomic mass is 10.1. The summed E-state index contributed by atoms with van der Waals surface area (Å²) in [5.74, 6) is 5.52. The smallest absolute Gasteiger partial charge is 0.251 e. The van der Waals surface area contributed by atoms with E-state index in [1.165, 1.54) is 10.9 Å². The minimum absolute atomic E-state index is 0.128. The first-order valence-electron chi connectivity index (χ1n) is 8.61. The molecule has 0 saturated carbocycles. The van der Waals surface area contributed by atoms with Gasteiger partial charge in [-0.3, -0.25) is 4.79 Å². The van der Waals surface area contributed by atoms with Crippen molar-refractivity contribution in [2.45, 2.75) is 25.9 Å². The van der Waals surface area contributed by atoms with Crippen molar-refractivity contribution in [1.82, 2.24) is 10.3 Å². The molecule has 4 nitrogen and oxygen atoms in total. The molecule has 3 N–H and O–H groups in total. The number of aromatic amines is 1. The number of aliphatic hydroxyl groups is 1. The molecule has 1 amide bonds. The predicted molar refractivity (Wildman–Crippen MR) is 104 cm³/mol. The molecule has 1 heterocycles. The molecule has 0 atom stereocenters. The fourth-order valence-electron chi connectivity index (χ4n) is 2.71. The van der Waals surface area contributed by atoms with Gasteiger partial charge in [-0.15, -0.1) is 0 Å². The summed E-state index contributed by atoms with van der Waals surface area (Å²) in [4.78, 5) is 15.6. The first-order chi connectivity index (χ1) is 12.4. The maximum Gasteiger partial charge on any atom is 0.251 e. The second-order valence-corrected chi connectivity index (χ2v) is 6.76. The highest BCUT2D eigenvalue weighted by atomic mass is 16.3. The summed E-state index contributed by atoms with van der Waals surface area (Å²) in [6.45, 7) is 3.81. The van der Waals surface area contributed by atoms with Crippen molar-refractivity contribution in [1.29, 1.82) is 0 Å². The van der Waals surface area contributed by atoms with E-state index in [9.17, 15) is 9.90 Å². The Morgan fingerprint density at radius 1 is 1.19 bits per heavy atom. The Bertz CT molecular complexity index is 984. The number of rotatable bonds is 4. The Balaban J connectivity index is 1.62. The van der Waals surface area contributed by atoms with E-state index in [1.807, 2.05) is 30.5 Å². The molecular weight excluding hydrogens is 324 g/mol. The predicted octanol–water partition coefficient (Wildman–Crippen LogP) is 3.26. The molecule has 0 fully saturated rings. The van der Waals surface area contributed by atoms with Crippen LogP contribution in [0.2, 0.25) is 0 Å². The third-order valence-corrected chi connectivity index (χ3v) is 3.99. The van der Waals surface area contributed by atoms with Crippen molar-refractivity contribution in [3.63, 3.8) is 0 Å². The average molecular weight is 346 g/mol. The van der Waals surface area contributed by atoms with Crippen LogP contribution in [0.3, 0.4) is 0 Å². The molecule has 132 valence electrons. The summed E-state index contributed by atoms with van der Waals surface area (Å²) in [5, 5.41) is 13.8. The molecule has 0 unspecified atom stereocenters. The van der Waals surface area contributed by atoms with E-state index in [0.29, 0.717) is 17.7 Å².